The Morgan fingerprint density at radius 1 is 1.00 bits per heavy atom. The number of benzene rings is 2. The minimum Gasteiger partial charge on any atom is -0.350 e. The molecule has 5 heteroatoms. The van der Waals surface area contributed by atoms with E-state index in [0.29, 0.717) is 17.1 Å². The van der Waals surface area contributed by atoms with Gasteiger partial charge < -0.3 is 4.57 Å². The molecule has 26 heavy (non-hydrogen) atoms. The summed E-state index contributed by atoms with van der Waals surface area (Å²) in [7, 11) is 0. The van der Waals surface area contributed by atoms with Crippen LogP contribution in [0.1, 0.15) is 29.3 Å². The summed E-state index contributed by atoms with van der Waals surface area (Å²) in [5.41, 5.74) is 2.50. The summed E-state index contributed by atoms with van der Waals surface area (Å²) in [5.74, 6) is -1.08. The second-order valence-electron chi connectivity index (χ2n) is 6.61. The Balaban J connectivity index is 1.79. The SMILES string of the molecule is Fc1ccc([C@@H]2c3cccn3CCCN2Cc2ccccc2Cl)c(F)c1. The molecule has 2 heterocycles. The lowest BCUT2D eigenvalue weighted by Gasteiger charge is -2.31. The van der Waals surface area contributed by atoms with E-state index >= 15 is 0 Å². The van der Waals surface area contributed by atoms with E-state index in [1.54, 1.807) is 6.07 Å². The fourth-order valence-electron chi connectivity index (χ4n) is 3.73. The highest BCUT2D eigenvalue weighted by Crippen LogP contribution is 2.35. The van der Waals surface area contributed by atoms with E-state index in [9.17, 15) is 8.78 Å². The molecular formula is C21H19ClF2N2. The molecule has 0 saturated heterocycles. The highest BCUT2D eigenvalue weighted by atomic mass is 35.5. The monoisotopic (exact) mass is 372 g/mol. The quantitative estimate of drug-likeness (QED) is 0.596. The van der Waals surface area contributed by atoms with E-state index in [2.05, 4.69) is 9.47 Å². The number of hydrogen-bond donors (Lipinski definition) is 0. The predicted molar refractivity (Wildman–Crippen MR) is 99.1 cm³/mol. The minimum atomic E-state index is -0.562. The molecule has 2 aromatic carbocycles. The van der Waals surface area contributed by atoms with Gasteiger partial charge in [0.25, 0.3) is 0 Å². The molecule has 1 atom stereocenters. The molecule has 0 aliphatic carbocycles. The maximum absolute atomic E-state index is 14.7. The first kappa shape index (κ1) is 17.3. The van der Waals surface area contributed by atoms with Crippen molar-refractivity contribution in [3.63, 3.8) is 0 Å². The van der Waals surface area contributed by atoms with Gasteiger partial charge in [0.2, 0.25) is 0 Å². The van der Waals surface area contributed by atoms with Gasteiger partial charge in [0.1, 0.15) is 11.6 Å². The molecule has 0 fully saturated rings. The maximum atomic E-state index is 14.7. The van der Waals surface area contributed by atoms with E-state index in [4.69, 9.17) is 11.6 Å². The molecule has 0 bridgehead atoms. The second-order valence-corrected chi connectivity index (χ2v) is 7.02. The minimum absolute atomic E-state index is 0.288. The van der Waals surface area contributed by atoms with Crippen LogP contribution in [0.2, 0.25) is 5.02 Å². The third-order valence-electron chi connectivity index (χ3n) is 4.94. The molecular weight excluding hydrogens is 354 g/mol. The van der Waals surface area contributed by atoms with Crippen molar-refractivity contribution in [2.24, 2.45) is 0 Å². The van der Waals surface area contributed by atoms with E-state index in [-0.39, 0.29) is 6.04 Å². The van der Waals surface area contributed by atoms with Gasteiger partial charge in [-0.2, -0.15) is 0 Å². The van der Waals surface area contributed by atoms with Gasteiger partial charge in [-0.1, -0.05) is 35.9 Å². The summed E-state index contributed by atoms with van der Waals surface area (Å²) in [5, 5.41) is 0.699. The van der Waals surface area contributed by atoms with Gasteiger partial charge in [-0.3, -0.25) is 4.90 Å². The van der Waals surface area contributed by atoms with Crippen LogP contribution >= 0.6 is 11.6 Å². The number of hydrogen-bond acceptors (Lipinski definition) is 1. The molecule has 134 valence electrons. The van der Waals surface area contributed by atoms with Gasteiger partial charge in [-0.05, 0) is 36.2 Å². The van der Waals surface area contributed by atoms with Gasteiger partial charge in [-0.15, -0.1) is 0 Å². The zero-order valence-electron chi connectivity index (χ0n) is 14.2. The first-order valence-corrected chi connectivity index (χ1v) is 9.09. The summed E-state index contributed by atoms with van der Waals surface area (Å²) in [6, 6.07) is 15.2. The first-order chi connectivity index (χ1) is 12.6. The summed E-state index contributed by atoms with van der Waals surface area (Å²) in [4.78, 5) is 2.22. The third-order valence-corrected chi connectivity index (χ3v) is 5.31. The molecule has 0 amide bonds. The largest absolute Gasteiger partial charge is 0.350 e. The van der Waals surface area contributed by atoms with Crippen molar-refractivity contribution in [1.29, 1.82) is 0 Å². The van der Waals surface area contributed by atoms with Crippen molar-refractivity contribution < 1.29 is 8.78 Å². The number of nitrogens with zero attached hydrogens (tertiary/aromatic N) is 2. The first-order valence-electron chi connectivity index (χ1n) is 8.71. The Bertz CT molecular complexity index is 922. The summed E-state index contributed by atoms with van der Waals surface area (Å²) in [6.07, 6.45) is 2.97. The van der Waals surface area contributed by atoms with Crippen LogP contribution in [-0.2, 0) is 13.1 Å². The lowest BCUT2D eigenvalue weighted by molar-refractivity contribution is 0.216. The summed E-state index contributed by atoms with van der Waals surface area (Å²) < 4.78 is 30.3. The van der Waals surface area contributed by atoms with Crippen LogP contribution < -0.4 is 0 Å². The maximum Gasteiger partial charge on any atom is 0.131 e. The molecule has 2 nitrogen and oxygen atoms in total. The molecule has 0 N–H and O–H groups in total. The molecule has 3 aromatic rings. The van der Waals surface area contributed by atoms with Gasteiger partial charge in [0, 0.05) is 48.2 Å². The Hall–Kier alpha value is -2.17. The number of aromatic nitrogens is 1. The van der Waals surface area contributed by atoms with E-state index in [1.165, 1.54) is 6.07 Å². The lowest BCUT2D eigenvalue weighted by atomic mass is 10.00. The molecule has 4 rings (SSSR count). The van der Waals surface area contributed by atoms with Crippen molar-refractivity contribution in [2.75, 3.05) is 6.54 Å². The highest BCUT2D eigenvalue weighted by Gasteiger charge is 2.29. The van der Waals surface area contributed by atoms with Crippen LogP contribution in [0.4, 0.5) is 8.78 Å². The Labute approximate surface area is 156 Å². The number of fused-ring (bicyclic) bond motifs is 1. The fourth-order valence-corrected chi connectivity index (χ4v) is 3.93. The van der Waals surface area contributed by atoms with Crippen LogP contribution in [0.15, 0.2) is 60.8 Å². The Morgan fingerprint density at radius 2 is 1.85 bits per heavy atom. The van der Waals surface area contributed by atoms with E-state index in [1.807, 2.05) is 42.6 Å². The third kappa shape index (κ3) is 3.27. The number of rotatable bonds is 3. The van der Waals surface area contributed by atoms with Crippen LogP contribution in [0.3, 0.4) is 0 Å². The van der Waals surface area contributed by atoms with Crippen molar-refractivity contribution in [3.8, 4) is 0 Å². The fraction of sp³-hybridized carbons (Fsp3) is 0.238. The average Bonchev–Trinajstić information content (AvgIpc) is 3.00. The van der Waals surface area contributed by atoms with E-state index < -0.39 is 11.6 Å². The van der Waals surface area contributed by atoms with E-state index in [0.717, 1.165) is 36.8 Å². The number of aryl methyl sites for hydroxylation is 1. The Morgan fingerprint density at radius 3 is 2.65 bits per heavy atom. The van der Waals surface area contributed by atoms with Crippen LogP contribution in [0.25, 0.3) is 0 Å². The van der Waals surface area contributed by atoms with Gasteiger partial charge >= 0.3 is 0 Å². The number of halogens is 3. The molecule has 1 aliphatic heterocycles. The van der Waals surface area contributed by atoms with Crippen molar-refractivity contribution in [1.82, 2.24) is 9.47 Å². The molecule has 1 aromatic heterocycles. The van der Waals surface area contributed by atoms with Gasteiger partial charge in [-0.25, -0.2) is 8.78 Å². The Kier molecular flexibility index (Phi) is 4.79. The van der Waals surface area contributed by atoms with Crippen molar-refractivity contribution in [3.05, 3.63) is 94.3 Å². The predicted octanol–water partition coefficient (Wildman–Crippen LogP) is 5.42. The standard InChI is InChI=1S/C21H19ClF2N2/c22-18-6-2-1-5-15(18)14-26-12-4-11-25-10-3-7-20(25)21(26)17-9-8-16(23)13-19(17)24/h1-3,5-10,13,21H,4,11-12,14H2/t21-/m1/s1. The summed E-state index contributed by atoms with van der Waals surface area (Å²) >= 11 is 6.35. The van der Waals surface area contributed by atoms with Gasteiger partial charge in [0.15, 0.2) is 0 Å². The van der Waals surface area contributed by atoms with Crippen LogP contribution in [-0.4, -0.2) is 16.0 Å². The molecule has 0 radical (unpaired) electrons. The zero-order valence-corrected chi connectivity index (χ0v) is 15.0. The highest BCUT2D eigenvalue weighted by molar-refractivity contribution is 6.31. The average molecular weight is 373 g/mol. The topological polar surface area (TPSA) is 8.17 Å². The smallest absolute Gasteiger partial charge is 0.131 e. The van der Waals surface area contributed by atoms with Gasteiger partial charge in [0.05, 0.1) is 6.04 Å². The van der Waals surface area contributed by atoms with Crippen molar-refractivity contribution in [2.45, 2.75) is 25.6 Å². The van der Waals surface area contributed by atoms with Crippen LogP contribution in [0.5, 0.6) is 0 Å². The molecule has 0 saturated carbocycles. The normalized spacial score (nSPS) is 17.7. The van der Waals surface area contributed by atoms with Crippen LogP contribution in [0, 0.1) is 11.6 Å². The molecule has 0 unspecified atom stereocenters. The second kappa shape index (κ2) is 7.22. The molecule has 1 aliphatic rings. The summed E-state index contributed by atoms with van der Waals surface area (Å²) in [6.45, 7) is 2.28. The molecule has 0 spiro atoms. The lowest BCUT2D eigenvalue weighted by Crippen LogP contribution is -2.30. The zero-order chi connectivity index (χ0) is 18.1. The van der Waals surface area contributed by atoms with Crippen molar-refractivity contribution >= 4 is 11.6 Å².